The van der Waals surface area contributed by atoms with Crippen molar-refractivity contribution in [2.75, 3.05) is 7.05 Å². The zero-order valence-electron chi connectivity index (χ0n) is 12.3. The van der Waals surface area contributed by atoms with Crippen molar-refractivity contribution in [2.45, 2.75) is 26.3 Å². The molecule has 21 heavy (non-hydrogen) atoms. The van der Waals surface area contributed by atoms with Crippen LogP contribution >= 0.6 is 24.0 Å². The molecule has 0 radical (unpaired) electrons. The van der Waals surface area contributed by atoms with E-state index >= 15 is 0 Å². The number of aromatic nitrogens is 2. The van der Waals surface area contributed by atoms with Crippen LogP contribution in [0.5, 0.6) is 0 Å². The maximum absolute atomic E-state index is 6.08. The highest BCUT2D eigenvalue weighted by Gasteiger charge is 2.07. The molecule has 0 fully saturated rings. The van der Waals surface area contributed by atoms with Gasteiger partial charge in [-0.05, 0) is 44.2 Å². The van der Waals surface area contributed by atoms with E-state index in [-0.39, 0.29) is 12.4 Å². The largest absolute Gasteiger partial charge is 0.335 e. The summed E-state index contributed by atoms with van der Waals surface area (Å²) in [5, 5.41) is 7.83. The fourth-order valence-corrected chi connectivity index (χ4v) is 1.86. The maximum atomic E-state index is 6.08. The molecule has 0 spiro atoms. The summed E-state index contributed by atoms with van der Waals surface area (Å²) in [5.41, 5.74) is 2.06. The Labute approximate surface area is 136 Å². The van der Waals surface area contributed by atoms with E-state index in [2.05, 4.69) is 22.4 Å². The number of nitrogens with zero attached hydrogens (tertiary/aromatic N) is 2. The number of aryl methyl sites for hydroxylation is 1. The summed E-state index contributed by atoms with van der Waals surface area (Å²) in [7, 11) is 1.91. The fraction of sp³-hybridized carbons (Fsp3) is 0.333. The molecule has 1 aromatic heterocycles. The third-order valence-electron chi connectivity index (χ3n) is 3.08. The van der Waals surface area contributed by atoms with Crippen LogP contribution in [0.15, 0.2) is 22.7 Å². The van der Waals surface area contributed by atoms with Crippen LogP contribution in [0.2, 0.25) is 5.02 Å². The number of hydrogen-bond donors (Lipinski definition) is 1. The van der Waals surface area contributed by atoms with Crippen LogP contribution < -0.4 is 5.32 Å². The molecule has 0 saturated carbocycles. The molecule has 1 unspecified atom stereocenters. The number of nitrogens with one attached hydrogen (secondary N) is 1. The van der Waals surface area contributed by atoms with Crippen molar-refractivity contribution in [1.29, 1.82) is 0 Å². The van der Waals surface area contributed by atoms with Crippen LogP contribution in [-0.4, -0.2) is 23.2 Å². The quantitative estimate of drug-likeness (QED) is 0.908. The van der Waals surface area contributed by atoms with Crippen molar-refractivity contribution in [3.8, 4) is 0 Å². The molecule has 0 aliphatic heterocycles. The third-order valence-corrected chi connectivity index (χ3v) is 3.49. The van der Waals surface area contributed by atoms with E-state index in [0.29, 0.717) is 17.8 Å². The monoisotopic (exact) mass is 327 g/mol. The van der Waals surface area contributed by atoms with Gasteiger partial charge in [-0.15, -0.1) is 12.4 Å². The molecular weight excluding hydrogens is 309 g/mol. The van der Waals surface area contributed by atoms with Crippen LogP contribution in [-0.2, 0) is 6.42 Å². The molecule has 1 heterocycles. The SMILES string of the molecule is CNC(C)Cc1noc(/C=C/c2ccc(C)c(Cl)c2)n1.Cl. The van der Waals surface area contributed by atoms with Gasteiger partial charge in [0.05, 0.1) is 0 Å². The van der Waals surface area contributed by atoms with E-state index < -0.39 is 0 Å². The van der Waals surface area contributed by atoms with Gasteiger partial charge in [0.1, 0.15) is 0 Å². The molecule has 0 saturated heterocycles. The Hall–Kier alpha value is -1.36. The van der Waals surface area contributed by atoms with E-state index in [1.807, 2.05) is 38.2 Å². The van der Waals surface area contributed by atoms with Crippen LogP contribution in [0.4, 0.5) is 0 Å². The molecule has 6 heteroatoms. The summed E-state index contributed by atoms with van der Waals surface area (Å²) in [6.07, 6.45) is 4.44. The molecule has 1 aromatic carbocycles. The first-order valence-electron chi connectivity index (χ1n) is 6.52. The standard InChI is InChI=1S/C15H18ClN3O.ClH/c1-10-4-5-12(9-13(10)16)6-7-15-18-14(19-20-15)8-11(2)17-3;/h4-7,9,11,17H,8H2,1-3H3;1H/b7-6+;. The van der Waals surface area contributed by atoms with Gasteiger partial charge >= 0.3 is 0 Å². The van der Waals surface area contributed by atoms with Crippen molar-refractivity contribution < 1.29 is 4.52 Å². The molecule has 0 bridgehead atoms. The first-order valence-corrected chi connectivity index (χ1v) is 6.90. The minimum absolute atomic E-state index is 0. The highest BCUT2D eigenvalue weighted by molar-refractivity contribution is 6.31. The maximum Gasteiger partial charge on any atom is 0.250 e. The average molecular weight is 328 g/mol. The predicted molar refractivity (Wildman–Crippen MR) is 88.9 cm³/mol. The van der Waals surface area contributed by atoms with Gasteiger partial charge in [-0.25, -0.2) is 0 Å². The van der Waals surface area contributed by atoms with Crippen molar-refractivity contribution in [3.63, 3.8) is 0 Å². The average Bonchev–Trinajstić information content (AvgIpc) is 2.87. The third kappa shape index (κ3) is 5.16. The van der Waals surface area contributed by atoms with E-state index in [4.69, 9.17) is 16.1 Å². The van der Waals surface area contributed by atoms with E-state index in [1.165, 1.54) is 0 Å². The van der Waals surface area contributed by atoms with Crippen LogP contribution in [0, 0.1) is 6.92 Å². The van der Waals surface area contributed by atoms with Crippen LogP contribution in [0.25, 0.3) is 12.2 Å². The molecule has 2 aromatic rings. The topological polar surface area (TPSA) is 51.0 Å². The lowest BCUT2D eigenvalue weighted by Crippen LogP contribution is -2.24. The minimum Gasteiger partial charge on any atom is -0.335 e. The highest BCUT2D eigenvalue weighted by atomic mass is 35.5. The molecule has 0 amide bonds. The molecule has 0 aliphatic carbocycles. The summed E-state index contributed by atoms with van der Waals surface area (Å²) in [6, 6.07) is 6.21. The Bertz CT molecular complexity index is 611. The Morgan fingerprint density at radius 1 is 1.38 bits per heavy atom. The van der Waals surface area contributed by atoms with Gasteiger partial charge in [0.15, 0.2) is 5.82 Å². The lowest BCUT2D eigenvalue weighted by atomic mass is 10.1. The first-order chi connectivity index (χ1) is 9.58. The number of rotatable bonds is 5. The number of hydrogen-bond acceptors (Lipinski definition) is 4. The van der Waals surface area contributed by atoms with Gasteiger partial charge in [0, 0.05) is 23.6 Å². The minimum atomic E-state index is 0. The van der Waals surface area contributed by atoms with Gasteiger partial charge in [-0.1, -0.05) is 28.9 Å². The second-order valence-corrected chi connectivity index (χ2v) is 5.19. The molecule has 4 nitrogen and oxygen atoms in total. The summed E-state index contributed by atoms with van der Waals surface area (Å²) in [4.78, 5) is 4.32. The Kier molecular flexibility index (Phi) is 6.89. The van der Waals surface area contributed by atoms with Crippen LogP contribution in [0.1, 0.15) is 29.8 Å². The smallest absolute Gasteiger partial charge is 0.250 e. The Balaban J connectivity index is 0.00000220. The van der Waals surface area contributed by atoms with Gasteiger partial charge in [-0.2, -0.15) is 4.98 Å². The zero-order chi connectivity index (χ0) is 14.5. The summed E-state index contributed by atoms with van der Waals surface area (Å²) in [6.45, 7) is 4.04. The van der Waals surface area contributed by atoms with Crippen molar-refractivity contribution in [3.05, 3.63) is 46.1 Å². The van der Waals surface area contributed by atoms with Gasteiger partial charge in [0.25, 0.3) is 5.89 Å². The Morgan fingerprint density at radius 3 is 2.81 bits per heavy atom. The second-order valence-electron chi connectivity index (χ2n) is 4.78. The summed E-state index contributed by atoms with van der Waals surface area (Å²) in [5.74, 6) is 1.20. The molecule has 0 aliphatic rings. The zero-order valence-corrected chi connectivity index (χ0v) is 13.8. The second kappa shape index (κ2) is 8.17. The van der Waals surface area contributed by atoms with Crippen molar-refractivity contribution >= 4 is 36.2 Å². The van der Waals surface area contributed by atoms with Crippen molar-refractivity contribution in [1.82, 2.24) is 15.5 Å². The van der Waals surface area contributed by atoms with E-state index in [0.717, 1.165) is 22.6 Å². The van der Waals surface area contributed by atoms with Gasteiger partial charge in [0.2, 0.25) is 0 Å². The Morgan fingerprint density at radius 2 is 2.14 bits per heavy atom. The normalized spacial score (nSPS) is 12.4. The number of likely N-dealkylation sites (N-methyl/N-ethyl adjacent to an activating group) is 1. The number of benzene rings is 1. The molecular formula is C15H19Cl2N3O. The first kappa shape index (κ1) is 17.7. The fourth-order valence-electron chi connectivity index (χ4n) is 1.67. The van der Waals surface area contributed by atoms with Gasteiger partial charge in [-0.3, -0.25) is 0 Å². The molecule has 114 valence electrons. The molecule has 1 atom stereocenters. The number of halogens is 2. The summed E-state index contributed by atoms with van der Waals surface area (Å²) < 4.78 is 5.18. The highest BCUT2D eigenvalue weighted by Crippen LogP contribution is 2.18. The van der Waals surface area contributed by atoms with Gasteiger partial charge < -0.3 is 9.84 Å². The predicted octanol–water partition coefficient (Wildman–Crippen LogP) is 3.77. The van der Waals surface area contributed by atoms with Crippen LogP contribution in [0.3, 0.4) is 0 Å². The van der Waals surface area contributed by atoms with Crippen molar-refractivity contribution in [2.24, 2.45) is 0 Å². The lowest BCUT2D eigenvalue weighted by Gasteiger charge is -2.04. The van der Waals surface area contributed by atoms with E-state index in [1.54, 1.807) is 6.08 Å². The molecule has 2 rings (SSSR count). The molecule has 1 N–H and O–H groups in total. The van der Waals surface area contributed by atoms with E-state index in [9.17, 15) is 0 Å². The summed E-state index contributed by atoms with van der Waals surface area (Å²) >= 11 is 6.08. The lowest BCUT2D eigenvalue weighted by molar-refractivity contribution is 0.400.